The number of alkyl carbamates (subject to hydrolysis) is 1. The van der Waals surface area contributed by atoms with E-state index in [1.54, 1.807) is 6.92 Å². The van der Waals surface area contributed by atoms with Gasteiger partial charge in [0.2, 0.25) is 0 Å². The van der Waals surface area contributed by atoms with Gasteiger partial charge in [0.1, 0.15) is 5.75 Å². The summed E-state index contributed by atoms with van der Waals surface area (Å²) in [5.41, 5.74) is 1.03. The molecule has 4 heteroatoms. The van der Waals surface area contributed by atoms with Gasteiger partial charge in [0.25, 0.3) is 0 Å². The van der Waals surface area contributed by atoms with E-state index in [4.69, 9.17) is 9.47 Å². The Morgan fingerprint density at radius 2 is 1.54 bits per heavy atom. The predicted molar refractivity (Wildman–Crippen MR) is 98.4 cm³/mol. The lowest BCUT2D eigenvalue weighted by atomic mass is 10.1. The zero-order valence-corrected chi connectivity index (χ0v) is 15.3. The summed E-state index contributed by atoms with van der Waals surface area (Å²) in [5, 5.41) is 2.70. The van der Waals surface area contributed by atoms with Gasteiger partial charge in [-0.1, -0.05) is 64.0 Å². The molecular weight excluding hydrogens is 302 g/mol. The van der Waals surface area contributed by atoms with Crippen molar-refractivity contribution in [3.63, 3.8) is 0 Å². The van der Waals surface area contributed by atoms with Gasteiger partial charge in [-0.15, -0.1) is 0 Å². The molecule has 0 unspecified atom stereocenters. The second-order valence-electron chi connectivity index (χ2n) is 6.04. The molecule has 0 fully saturated rings. The summed E-state index contributed by atoms with van der Waals surface area (Å²) in [6.07, 6.45) is 10.1. The van der Waals surface area contributed by atoms with Crippen LogP contribution in [0.5, 0.6) is 5.75 Å². The Balaban J connectivity index is 2.06. The lowest BCUT2D eigenvalue weighted by Gasteiger charge is -2.08. The van der Waals surface area contributed by atoms with E-state index in [0.29, 0.717) is 13.2 Å². The van der Waals surface area contributed by atoms with Crippen molar-refractivity contribution < 1.29 is 14.3 Å². The lowest BCUT2D eigenvalue weighted by Crippen LogP contribution is -2.23. The number of amides is 1. The van der Waals surface area contributed by atoms with E-state index in [2.05, 4.69) is 12.2 Å². The topological polar surface area (TPSA) is 47.6 Å². The van der Waals surface area contributed by atoms with Crippen molar-refractivity contribution >= 4 is 6.09 Å². The monoisotopic (exact) mass is 335 g/mol. The molecule has 136 valence electrons. The summed E-state index contributed by atoms with van der Waals surface area (Å²) in [5.74, 6) is 0.887. The molecule has 0 spiro atoms. The van der Waals surface area contributed by atoms with E-state index in [-0.39, 0.29) is 6.09 Å². The fourth-order valence-electron chi connectivity index (χ4n) is 2.49. The SMILES string of the molecule is CCCCCCCCCCOc1ccc(CNC(=O)OCC)cc1. The Bertz CT molecular complexity index is 431. The van der Waals surface area contributed by atoms with Gasteiger partial charge in [-0.25, -0.2) is 4.79 Å². The van der Waals surface area contributed by atoms with Crippen molar-refractivity contribution in [3.05, 3.63) is 29.8 Å². The molecule has 0 aliphatic heterocycles. The number of benzene rings is 1. The standard InChI is InChI=1S/C20H33NO3/c1-3-5-6-7-8-9-10-11-16-24-19-14-12-18(13-15-19)17-21-20(22)23-4-2/h12-15H,3-11,16-17H2,1-2H3,(H,21,22). The summed E-state index contributed by atoms with van der Waals surface area (Å²) in [4.78, 5) is 11.2. The van der Waals surface area contributed by atoms with Crippen LogP contribution in [0.4, 0.5) is 4.79 Å². The highest BCUT2D eigenvalue weighted by Crippen LogP contribution is 2.13. The van der Waals surface area contributed by atoms with Gasteiger partial charge in [0.05, 0.1) is 13.2 Å². The third-order valence-corrected chi connectivity index (χ3v) is 3.90. The van der Waals surface area contributed by atoms with Gasteiger partial charge in [-0.05, 0) is 31.0 Å². The quantitative estimate of drug-likeness (QED) is 0.487. The second kappa shape index (κ2) is 13.7. The maximum Gasteiger partial charge on any atom is 0.407 e. The van der Waals surface area contributed by atoms with Gasteiger partial charge < -0.3 is 14.8 Å². The van der Waals surface area contributed by atoms with Crippen molar-refractivity contribution in [2.45, 2.75) is 71.8 Å². The minimum atomic E-state index is -0.382. The first-order valence-electron chi connectivity index (χ1n) is 9.38. The van der Waals surface area contributed by atoms with Crippen molar-refractivity contribution in [1.82, 2.24) is 5.32 Å². The van der Waals surface area contributed by atoms with E-state index in [9.17, 15) is 4.79 Å². The minimum absolute atomic E-state index is 0.382. The van der Waals surface area contributed by atoms with Gasteiger partial charge >= 0.3 is 6.09 Å². The average Bonchev–Trinajstić information content (AvgIpc) is 2.60. The first-order valence-corrected chi connectivity index (χ1v) is 9.38. The summed E-state index contributed by atoms with van der Waals surface area (Å²) >= 11 is 0. The van der Waals surface area contributed by atoms with E-state index in [1.165, 1.54) is 44.9 Å². The number of carbonyl (C=O) groups excluding carboxylic acids is 1. The van der Waals surface area contributed by atoms with Crippen molar-refractivity contribution in [2.75, 3.05) is 13.2 Å². The van der Waals surface area contributed by atoms with Crippen LogP contribution >= 0.6 is 0 Å². The summed E-state index contributed by atoms with van der Waals surface area (Å²) in [6, 6.07) is 7.84. The van der Waals surface area contributed by atoms with Crippen LogP contribution in [0.2, 0.25) is 0 Å². The van der Waals surface area contributed by atoms with Gasteiger partial charge in [0, 0.05) is 6.54 Å². The molecule has 0 heterocycles. The first-order chi connectivity index (χ1) is 11.8. The fourth-order valence-corrected chi connectivity index (χ4v) is 2.49. The van der Waals surface area contributed by atoms with E-state index >= 15 is 0 Å². The largest absolute Gasteiger partial charge is 0.494 e. The molecule has 0 saturated carbocycles. The van der Waals surface area contributed by atoms with Crippen LogP contribution in [0.15, 0.2) is 24.3 Å². The number of ether oxygens (including phenoxy) is 2. The van der Waals surface area contributed by atoms with E-state index in [1.807, 2.05) is 24.3 Å². The van der Waals surface area contributed by atoms with Crippen LogP contribution in [-0.2, 0) is 11.3 Å². The number of hydrogen-bond acceptors (Lipinski definition) is 3. The molecule has 1 rings (SSSR count). The Morgan fingerprint density at radius 3 is 2.17 bits per heavy atom. The van der Waals surface area contributed by atoms with Crippen LogP contribution in [0.25, 0.3) is 0 Å². The number of unbranched alkanes of at least 4 members (excludes halogenated alkanes) is 7. The third-order valence-electron chi connectivity index (χ3n) is 3.90. The normalized spacial score (nSPS) is 10.4. The number of nitrogens with one attached hydrogen (secondary N) is 1. The predicted octanol–water partition coefficient (Wildman–Crippen LogP) is 5.45. The van der Waals surface area contributed by atoms with Crippen molar-refractivity contribution in [2.24, 2.45) is 0 Å². The van der Waals surface area contributed by atoms with Crippen molar-refractivity contribution in [3.8, 4) is 5.75 Å². The highest BCUT2D eigenvalue weighted by Gasteiger charge is 2.01. The highest BCUT2D eigenvalue weighted by atomic mass is 16.5. The average molecular weight is 335 g/mol. The Morgan fingerprint density at radius 1 is 0.917 bits per heavy atom. The first kappa shape index (κ1) is 20.3. The fraction of sp³-hybridized carbons (Fsp3) is 0.650. The zero-order chi connectivity index (χ0) is 17.5. The minimum Gasteiger partial charge on any atom is -0.494 e. The van der Waals surface area contributed by atoms with Gasteiger partial charge in [-0.3, -0.25) is 0 Å². The van der Waals surface area contributed by atoms with Gasteiger partial charge in [0.15, 0.2) is 0 Å². The van der Waals surface area contributed by atoms with E-state index < -0.39 is 0 Å². The summed E-state index contributed by atoms with van der Waals surface area (Å²) in [7, 11) is 0. The second-order valence-corrected chi connectivity index (χ2v) is 6.04. The molecule has 1 N–H and O–H groups in total. The molecule has 0 atom stereocenters. The number of hydrogen-bond donors (Lipinski definition) is 1. The maximum atomic E-state index is 11.2. The molecule has 0 bridgehead atoms. The van der Waals surface area contributed by atoms with Crippen LogP contribution in [0.1, 0.15) is 70.8 Å². The van der Waals surface area contributed by atoms with Gasteiger partial charge in [-0.2, -0.15) is 0 Å². The molecule has 0 saturated heterocycles. The van der Waals surface area contributed by atoms with Crippen molar-refractivity contribution in [1.29, 1.82) is 0 Å². The molecule has 1 aromatic rings. The van der Waals surface area contributed by atoms with Crippen LogP contribution in [0.3, 0.4) is 0 Å². The van der Waals surface area contributed by atoms with Crippen LogP contribution < -0.4 is 10.1 Å². The third kappa shape index (κ3) is 10.1. The number of rotatable bonds is 13. The Kier molecular flexibility index (Phi) is 11.6. The molecule has 0 radical (unpaired) electrons. The molecule has 4 nitrogen and oxygen atoms in total. The Labute approximate surface area is 146 Å². The van der Waals surface area contributed by atoms with Crippen LogP contribution in [0, 0.1) is 0 Å². The van der Waals surface area contributed by atoms with E-state index in [0.717, 1.165) is 24.3 Å². The molecule has 0 aromatic heterocycles. The highest BCUT2D eigenvalue weighted by molar-refractivity contribution is 5.67. The summed E-state index contributed by atoms with van der Waals surface area (Å²) in [6.45, 7) is 5.67. The smallest absolute Gasteiger partial charge is 0.407 e. The zero-order valence-electron chi connectivity index (χ0n) is 15.3. The molecule has 1 amide bonds. The molecule has 1 aromatic carbocycles. The molecule has 0 aliphatic carbocycles. The molecule has 0 aliphatic rings. The molecule has 24 heavy (non-hydrogen) atoms. The Hall–Kier alpha value is -1.71. The number of carbonyl (C=O) groups is 1. The maximum absolute atomic E-state index is 11.2. The molecular formula is C20H33NO3. The summed E-state index contributed by atoms with van der Waals surface area (Å²) < 4.78 is 10.6. The van der Waals surface area contributed by atoms with Crippen LogP contribution in [-0.4, -0.2) is 19.3 Å². The lowest BCUT2D eigenvalue weighted by molar-refractivity contribution is 0.151.